The number of aliphatic carboxylic acids is 1. The molecule has 6 nitrogen and oxygen atoms in total. The molecule has 2 heterocycles. The number of likely N-dealkylation sites (tertiary alicyclic amines) is 1. The van der Waals surface area contributed by atoms with E-state index in [0.29, 0.717) is 36.6 Å². The van der Waals surface area contributed by atoms with Gasteiger partial charge in [0.2, 0.25) is 0 Å². The Kier molecular flexibility index (Phi) is 5.60. The lowest BCUT2D eigenvalue weighted by Gasteiger charge is -2.43. The van der Waals surface area contributed by atoms with Gasteiger partial charge in [-0.15, -0.1) is 0 Å². The number of aliphatic hydroxyl groups is 1. The highest BCUT2D eigenvalue weighted by molar-refractivity contribution is 6.30. The number of carboxylic acids is 1. The number of carbonyl (C=O) groups is 1. The van der Waals surface area contributed by atoms with Gasteiger partial charge in [-0.1, -0.05) is 23.7 Å². The van der Waals surface area contributed by atoms with Crippen molar-refractivity contribution >= 4 is 17.6 Å². The molecule has 1 aliphatic rings. The summed E-state index contributed by atoms with van der Waals surface area (Å²) in [6, 6.07) is 5.74. The summed E-state index contributed by atoms with van der Waals surface area (Å²) in [5.74, 6) is -1.41. The topological polar surface area (TPSA) is 78.6 Å². The second kappa shape index (κ2) is 7.73. The molecule has 0 unspecified atom stereocenters. The summed E-state index contributed by atoms with van der Waals surface area (Å²) in [4.78, 5) is 14.1. The normalized spacial score (nSPS) is 23.9. The van der Waals surface area contributed by atoms with Crippen LogP contribution in [0, 0.1) is 11.2 Å². The van der Waals surface area contributed by atoms with E-state index in [4.69, 9.17) is 11.6 Å². The summed E-state index contributed by atoms with van der Waals surface area (Å²) in [5, 5.41) is 25.1. The Morgan fingerprint density at radius 1 is 1.35 bits per heavy atom. The van der Waals surface area contributed by atoms with E-state index in [2.05, 4.69) is 5.10 Å². The molecule has 0 saturated carbocycles. The zero-order valence-electron chi connectivity index (χ0n) is 14.2. The summed E-state index contributed by atoms with van der Waals surface area (Å²) in [7, 11) is 0. The maximum atomic E-state index is 13.1. The number of halogens is 2. The summed E-state index contributed by atoms with van der Waals surface area (Å²) < 4.78 is 14.8. The van der Waals surface area contributed by atoms with Crippen molar-refractivity contribution in [3.05, 3.63) is 53.1 Å². The zero-order valence-corrected chi connectivity index (χ0v) is 14.9. The zero-order chi connectivity index (χ0) is 18.7. The SMILES string of the molecule is O=C(O)[C@]1(Cc2ccc(F)cc2)CN(CCn2cc(Cl)cn2)CC[C@H]1O. The maximum Gasteiger partial charge on any atom is 0.313 e. The Labute approximate surface area is 155 Å². The summed E-state index contributed by atoms with van der Waals surface area (Å²) in [6.45, 7) is 2.00. The Morgan fingerprint density at radius 3 is 2.69 bits per heavy atom. The van der Waals surface area contributed by atoms with Crippen LogP contribution in [0.5, 0.6) is 0 Å². The Hall–Kier alpha value is -1.96. The van der Waals surface area contributed by atoms with Crippen LogP contribution in [0.2, 0.25) is 5.02 Å². The third-order valence-corrected chi connectivity index (χ3v) is 5.16. The molecule has 0 spiro atoms. The molecule has 2 N–H and O–H groups in total. The molecule has 2 atom stereocenters. The molecule has 1 saturated heterocycles. The minimum Gasteiger partial charge on any atom is -0.481 e. The number of aliphatic hydroxyl groups excluding tert-OH is 1. The van der Waals surface area contributed by atoms with Gasteiger partial charge in [-0.25, -0.2) is 4.39 Å². The third kappa shape index (κ3) is 4.06. The van der Waals surface area contributed by atoms with Gasteiger partial charge in [0.15, 0.2) is 0 Å². The van der Waals surface area contributed by atoms with Gasteiger partial charge in [-0.3, -0.25) is 9.48 Å². The predicted molar refractivity (Wildman–Crippen MR) is 94.5 cm³/mol. The quantitative estimate of drug-likeness (QED) is 0.800. The first kappa shape index (κ1) is 18.8. The number of hydrogen-bond donors (Lipinski definition) is 2. The van der Waals surface area contributed by atoms with Crippen molar-refractivity contribution < 1.29 is 19.4 Å². The van der Waals surface area contributed by atoms with Crippen LogP contribution in [0.4, 0.5) is 4.39 Å². The largest absolute Gasteiger partial charge is 0.481 e. The molecule has 0 radical (unpaired) electrons. The number of piperidine rings is 1. The highest BCUT2D eigenvalue weighted by atomic mass is 35.5. The van der Waals surface area contributed by atoms with E-state index in [-0.39, 0.29) is 18.8 Å². The van der Waals surface area contributed by atoms with Gasteiger partial charge in [0, 0.05) is 25.8 Å². The van der Waals surface area contributed by atoms with Crippen LogP contribution in [0.15, 0.2) is 36.7 Å². The molecule has 0 aliphatic carbocycles. The molecule has 0 bridgehead atoms. The van der Waals surface area contributed by atoms with Gasteiger partial charge in [0.1, 0.15) is 11.2 Å². The Balaban J connectivity index is 1.73. The van der Waals surface area contributed by atoms with Crippen molar-refractivity contribution in [1.82, 2.24) is 14.7 Å². The number of hydrogen-bond acceptors (Lipinski definition) is 4. The lowest BCUT2D eigenvalue weighted by atomic mass is 9.73. The molecule has 0 amide bonds. The average Bonchev–Trinajstić information content (AvgIpc) is 3.03. The van der Waals surface area contributed by atoms with Crippen molar-refractivity contribution in [1.29, 1.82) is 0 Å². The van der Waals surface area contributed by atoms with E-state index in [1.54, 1.807) is 29.2 Å². The molecular weight excluding hydrogens is 361 g/mol. The van der Waals surface area contributed by atoms with Crippen LogP contribution in [0.3, 0.4) is 0 Å². The lowest BCUT2D eigenvalue weighted by Crippen LogP contribution is -2.57. The molecule has 1 fully saturated rings. The van der Waals surface area contributed by atoms with Crippen molar-refractivity contribution in [3.8, 4) is 0 Å². The standard InChI is InChI=1S/C18H21ClFN3O3/c19-14-10-21-23(11-14)8-7-22-6-5-16(24)18(12-22,17(25)26)9-13-1-3-15(20)4-2-13/h1-4,10-11,16,24H,5-9,12H2,(H,25,26)/t16-,18-/m1/s1. The highest BCUT2D eigenvalue weighted by Crippen LogP contribution is 2.34. The van der Waals surface area contributed by atoms with Crippen LogP contribution in [-0.2, 0) is 17.8 Å². The van der Waals surface area contributed by atoms with Crippen molar-refractivity contribution in [2.45, 2.75) is 25.5 Å². The number of carboxylic acid groups (broad SMARTS) is 1. The van der Waals surface area contributed by atoms with Gasteiger partial charge in [-0.2, -0.15) is 5.10 Å². The molecule has 26 heavy (non-hydrogen) atoms. The van der Waals surface area contributed by atoms with E-state index in [1.165, 1.54) is 12.1 Å². The van der Waals surface area contributed by atoms with Gasteiger partial charge in [0.05, 0.1) is 23.9 Å². The first-order valence-corrected chi connectivity index (χ1v) is 8.83. The van der Waals surface area contributed by atoms with Crippen LogP contribution in [-0.4, -0.2) is 56.6 Å². The van der Waals surface area contributed by atoms with Gasteiger partial charge >= 0.3 is 5.97 Å². The molecule has 1 aromatic heterocycles. The van der Waals surface area contributed by atoms with Crippen LogP contribution in [0.25, 0.3) is 0 Å². The number of benzene rings is 1. The Morgan fingerprint density at radius 2 is 2.08 bits per heavy atom. The second-order valence-corrected chi connectivity index (χ2v) is 7.20. The van der Waals surface area contributed by atoms with Gasteiger partial charge < -0.3 is 15.1 Å². The fourth-order valence-corrected chi connectivity index (χ4v) is 3.64. The number of nitrogens with zero attached hydrogens (tertiary/aromatic N) is 3. The summed E-state index contributed by atoms with van der Waals surface area (Å²) >= 11 is 5.85. The summed E-state index contributed by atoms with van der Waals surface area (Å²) in [5.41, 5.74) is -0.633. The lowest BCUT2D eigenvalue weighted by molar-refractivity contribution is -0.163. The van der Waals surface area contributed by atoms with Crippen molar-refractivity contribution in [3.63, 3.8) is 0 Å². The van der Waals surface area contributed by atoms with Crippen LogP contribution in [0.1, 0.15) is 12.0 Å². The average molecular weight is 382 g/mol. The van der Waals surface area contributed by atoms with Crippen LogP contribution < -0.4 is 0 Å². The molecule has 1 aromatic carbocycles. The fraction of sp³-hybridized carbons (Fsp3) is 0.444. The highest BCUT2D eigenvalue weighted by Gasteiger charge is 2.49. The van der Waals surface area contributed by atoms with E-state index in [0.717, 1.165) is 0 Å². The minimum atomic E-state index is -1.32. The monoisotopic (exact) mass is 381 g/mol. The molecule has 1 aliphatic heterocycles. The van der Waals surface area contributed by atoms with Crippen molar-refractivity contribution in [2.75, 3.05) is 19.6 Å². The molecule has 3 rings (SSSR count). The molecular formula is C18H21ClFN3O3. The molecule has 8 heteroatoms. The van der Waals surface area contributed by atoms with Gasteiger partial charge in [0.25, 0.3) is 0 Å². The van der Waals surface area contributed by atoms with E-state index in [9.17, 15) is 19.4 Å². The van der Waals surface area contributed by atoms with Gasteiger partial charge in [-0.05, 0) is 30.5 Å². The minimum absolute atomic E-state index is 0.147. The predicted octanol–water partition coefficient (Wildman–Crippen LogP) is 2.06. The number of aromatic nitrogens is 2. The van der Waals surface area contributed by atoms with E-state index < -0.39 is 17.5 Å². The fourth-order valence-electron chi connectivity index (χ4n) is 3.49. The van der Waals surface area contributed by atoms with E-state index in [1.807, 2.05) is 4.90 Å². The smallest absolute Gasteiger partial charge is 0.313 e. The number of rotatable bonds is 6. The Bertz CT molecular complexity index is 767. The first-order chi connectivity index (χ1) is 12.4. The van der Waals surface area contributed by atoms with Crippen molar-refractivity contribution in [2.24, 2.45) is 5.41 Å². The molecule has 2 aromatic rings. The van der Waals surface area contributed by atoms with E-state index >= 15 is 0 Å². The maximum absolute atomic E-state index is 13.1. The summed E-state index contributed by atoms with van der Waals surface area (Å²) in [6.07, 6.45) is 2.82. The van der Waals surface area contributed by atoms with Crippen LogP contribution >= 0.6 is 11.6 Å². The third-order valence-electron chi connectivity index (χ3n) is 4.97. The first-order valence-electron chi connectivity index (χ1n) is 8.45. The molecule has 140 valence electrons. The second-order valence-electron chi connectivity index (χ2n) is 6.77.